The highest BCUT2D eigenvalue weighted by Crippen LogP contribution is 2.27. The molecule has 0 saturated carbocycles. The number of carbonyl (C=O) groups excluding carboxylic acids is 3. The van der Waals surface area contributed by atoms with Crippen LogP contribution in [-0.4, -0.2) is 29.3 Å². The number of hydrogen-bond acceptors (Lipinski definition) is 6. The van der Waals surface area contributed by atoms with Gasteiger partial charge in [-0.05, 0) is 25.1 Å². The van der Waals surface area contributed by atoms with Gasteiger partial charge in [0.2, 0.25) is 5.91 Å². The number of fused-ring (bicyclic) bond motifs is 1. The summed E-state index contributed by atoms with van der Waals surface area (Å²) in [5.41, 5.74) is 1.72. The minimum atomic E-state index is -0.391. The highest BCUT2D eigenvalue weighted by molar-refractivity contribution is 7.22. The zero-order valence-corrected chi connectivity index (χ0v) is 15.5. The fraction of sp³-hybridized carbons (Fsp3) is 0.200. The highest BCUT2D eigenvalue weighted by atomic mass is 32.1. The summed E-state index contributed by atoms with van der Waals surface area (Å²) in [5.74, 6) is -0.740. The zero-order valence-electron chi connectivity index (χ0n) is 14.7. The van der Waals surface area contributed by atoms with E-state index in [0.29, 0.717) is 28.4 Å². The maximum Gasteiger partial charge on any atom is 0.338 e. The SMILES string of the molecule is CCOC(=O)c1ccc2nc(NC(=O)CCC(=O)c3ccccc3)sc2c1. The molecule has 1 heterocycles. The molecule has 1 amide bonds. The molecule has 1 N–H and O–H groups in total. The summed E-state index contributed by atoms with van der Waals surface area (Å²) >= 11 is 1.27. The summed E-state index contributed by atoms with van der Waals surface area (Å²) in [6.45, 7) is 2.06. The number of amides is 1. The van der Waals surface area contributed by atoms with Gasteiger partial charge in [-0.2, -0.15) is 0 Å². The van der Waals surface area contributed by atoms with Gasteiger partial charge in [-0.15, -0.1) is 0 Å². The van der Waals surface area contributed by atoms with Crippen molar-refractivity contribution in [3.8, 4) is 0 Å². The van der Waals surface area contributed by atoms with Crippen LogP contribution in [0.3, 0.4) is 0 Å². The lowest BCUT2D eigenvalue weighted by Gasteiger charge is -2.01. The van der Waals surface area contributed by atoms with Crippen LogP contribution in [0.25, 0.3) is 10.2 Å². The second-order valence-electron chi connectivity index (χ2n) is 5.76. The molecule has 0 radical (unpaired) electrons. The maximum absolute atomic E-state index is 12.1. The van der Waals surface area contributed by atoms with Crippen LogP contribution in [0.4, 0.5) is 5.13 Å². The fourth-order valence-corrected chi connectivity index (χ4v) is 3.42. The van der Waals surface area contributed by atoms with Crippen LogP contribution >= 0.6 is 11.3 Å². The van der Waals surface area contributed by atoms with Gasteiger partial charge in [0, 0.05) is 18.4 Å². The third kappa shape index (κ3) is 4.77. The van der Waals surface area contributed by atoms with E-state index >= 15 is 0 Å². The molecule has 0 spiro atoms. The quantitative estimate of drug-likeness (QED) is 0.492. The molecule has 3 aromatic rings. The van der Waals surface area contributed by atoms with Gasteiger partial charge in [0.1, 0.15) is 0 Å². The van der Waals surface area contributed by atoms with Gasteiger partial charge >= 0.3 is 5.97 Å². The minimum Gasteiger partial charge on any atom is -0.462 e. The number of nitrogens with one attached hydrogen (secondary N) is 1. The lowest BCUT2D eigenvalue weighted by Crippen LogP contribution is -2.13. The van der Waals surface area contributed by atoms with Gasteiger partial charge in [-0.25, -0.2) is 9.78 Å². The predicted octanol–water partition coefficient (Wildman–Crippen LogP) is 4.07. The molecule has 138 valence electrons. The Hall–Kier alpha value is -3.06. The molecule has 0 aliphatic heterocycles. The Morgan fingerprint density at radius 1 is 1.04 bits per heavy atom. The van der Waals surface area contributed by atoms with Gasteiger partial charge in [-0.3, -0.25) is 9.59 Å². The molecule has 2 aromatic carbocycles. The molecule has 0 atom stereocenters. The van der Waals surface area contributed by atoms with E-state index in [1.807, 2.05) is 6.07 Å². The molecule has 0 aliphatic rings. The summed E-state index contributed by atoms with van der Waals surface area (Å²) in [6.07, 6.45) is 0.214. The molecule has 0 unspecified atom stereocenters. The normalized spacial score (nSPS) is 10.6. The molecule has 1 aromatic heterocycles. The number of nitrogens with zero attached hydrogens (tertiary/aromatic N) is 1. The predicted molar refractivity (Wildman–Crippen MR) is 104 cm³/mol. The first kappa shape index (κ1) is 18.7. The Labute approximate surface area is 160 Å². The van der Waals surface area contributed by atoms with E-state index in [1.165, 1.54) is 11.3 Å². The largest absolute Gasteiger partial charge is 0.462 e. The van der Waals surface area contributed by atoms with Crippen LogP contribution in [-0.2, 0) is 9.53 Å². The third-order valence-corrected chi connectivity index (χ3v) is 4.75. The number of aromatic nitrogens is 1. The maximum atomic E-state index is 12.1. The Morgan fingerprint density at radius 3 is 2.56 bits per heavy atom. The zero-order chi connectivity index (χ0) is 19.2. The second-order valence-corrected chi connectivity index (χ2v) is 6.79. The van der Waals surface area contributed by atoms with Crippen molar-refractivity contribution >= 4 is 44.3 Å². The Bertz CT molecular complexity index is 982. The molecule has 6 nitrogen and oxygen atoms in total. The van der Waals surface area contributed by atoms with E-state index in [2.05, 4.69) is 10.3 Å². The van der Waals surface area contributed by atoms with Gasteiger partial charge in [0.15, 0.2) is 10.9 Å². The Balaban J connectivity index is 1.61. The van der Waals surface area contributed by atoms with Crippen molar-refractivity contribution in [2.24, 2.45) is 0 Å². The number of carbonyl (C=O) groups is 3. The van der Waals surface area contributed by atoms with Crippen LogP contribution in [0.2, 0.25) is 0 Å². The van der Waals surface area contributed by atoms with Crippen LogP contribution in [0.5, 0.6) is 0 Å². The van der Waals surface area contributed by atoms with Gasteiger partial charge in [-0.1, -0.05) is 41.7 Å². The van der Waals surface area contributed by atoms with E-state index in [9.17, 15) is 14.4 Å². The summed E-state index contributed by atoms with van der Waals surface area (Å²) in [5, 5.41) is 3.15. The van der Waals surface area contributed by atoms with Crippen LogP contribution in [0.15, 0.2) is 48.5 Å². The van der Waals surface area contributed by atoms with Crippen LogP contribution in [0.1, 0.15) is 40.5 Å². The molecule has 7 heteroatoms. The molecular formula is C20H18N2O4S. The first-order chi connectivity index (χ1) is 13.1. The second kappa shape index (κ2) is 8.55. The summed E-state index contributed by atoms with van der Waals surface area (Å²) < 4.78 is 5.76. The summed E-state index contributed by atoms with van der Waals surface area (Å²) in [4.78, 5) is 40.3. The smallest absolute Gasteiger partial charge is 0.338 e. The monoisotopic (exact) mass is 382 g/mol. The summed E-state index contributed by atoms with van der Waals surface area (Å²) in [7, 11) is 0. The number of ether oxygens (including phenoxy) is 1. The molecule has 0 aliphatic carbocycles. The standard InChI is InChI=1S/C20H18N2O4S/c1-2-26-19(25)14-8-9-15-17(12-14)27-20(21-15)22-18(24)11-10-16(23)13-6-4-3-5-7-13/h3-9,12H,2,10-11H2,1H3,(H,21,22,24). The van der Waals surface area contributed by atoms with Crippen molar-refractivity contribution in [1.29, 1.82) is 0 Å². The van der Waals surface area contributed by atoms with E-state index in [-0.39, 0.29) is 24.5 Å². The summed E-state index contributed by atoms with van der Waals surface area (Å²) in [6, 6.07) is 13.9. The van der Waals surface area contributed by atoms with Crippen molar-refractivity contribution in [1.82, 2.24) is 4.98 Å². The molecule has 0 bridgehead atoms. The number of Topliss-reactive ketones (excluding diaryl/α,β-unsaturated/α-hetero) is 1. The average molecular weight is 382 g/mol. The molecule has 3 rings (SSSR count). The van der Waals surface area contributed by atoms with Gasteiger partial charge in [0.05, 0.1) is 22.4 Å². The third-order valence-electron chi connectivity index (χ3n) is 3.82. The fourth-order valence-electron chi connectivity index (χ4n) is 2.50. The Morgan fingerprint density at radius 2 is 1.81 bits per heavy atom. The van der Waals surface area contributed by atoms with Crippen molar-refractivity contribution in [3.63, 3.8) is 0 Å². The minimum absolute atomic E-state index is 0.0749. The number of anilines is 1. The van der Waals surface area contributed by atoms with Crippen molar-refractivity contribution in [2.75, 3.05) is 11.9 Å². The van der Waals surface area contributed by atoms with Gasteiger partial charge in [0.25, 0.3) is 0 Å². The highest BCUT2D eigenvalue weighted by Gasteiger charge is 2.13. The average Bonchev–Trinajstić information content (AvgIpc) is 3.08. The molecular weight excluding hydrogens is 364 g/mol. The molecule has 0 fully saturated rings. The van der Waals surface area contributed by atoms with Gasteiger partial charge < -0.3 is 10.1 Å². The van der Waals surface area contributed by atoms with Crippen molar-refractivity contribution in [2.45, 2.75) is 19.8 Å². The van der Waals surface area contributed by atoms with Crippen molar-refractivity contribution < 1.29 is 19.1 Å². The topological polar surface area (TPSA) is 85.4 Å². The van der Waals surface area contributed by atoms with E-state index in [4.69, 9.17) is 4.74 Å². The van der Waals surface area contributed by atoms with E-state index < -0.39 is 5.97 Å². The Kier molecular flexibility index (Phi) is 5.93. The van der Waals surface area contributed by atoms with E-state index in [0.717, 1.165) is 4.70 Å². The molecule has 27 heavy (non-hydrogen) atoms. The number of benzene rings is 2. The number of esters is 1. The lowest BCUT2D eigenvalue weighted by atomic mass is 10.1. The number of hydrogen-bond donors (Lipinski definition) is 1. The number of thiazole rings is 1. The first-order valence-electron chi connectivity index (χ1n) is 8.52. The van der Waals surface area contributed by atoms with E-state index in [1.54, 1.807) is 49.4 Å². The number of rotatable bonds is 7. The number of ketones is 1. The van der Waals surface area contributed by atoms with Crippen LogP contribution < -0.4 is 5.32 Å². The lowest BCUT2D eigenvalue weighted by molar-refractivity contribution is -0.116. The van der Waals surface area contributed by atoms with Crippen molar-refractivity contribution in [3.05, 3.63) is 59.7 Å². The first-order valence-corrected chi connectivity index (χ1v) is 9.34. The van der Waals surface area contributed by atoms with Crippen LogP contribution in [0, 0.1) is 0 Å². The molecule has 0 saturated heterocycles.